The van der Waals surface area contributed by atoms with E-state index in [1.807, 2.05) is 12.1 Å². The van der Waals surface area contributed by atoms with Crippen LogP contribution in [0.4, 0.5) is 4.79 Å². The van der Waals surface area contributed by atoms with Crippen LogP contribution in [0, 0.1) is 17.2 Å². The molecule has 3 rings (SSSR count). The lowest BCUT2D eigenvalue weighted by Crippen LogP contribution is -2.25. The van der Waals surface area contributed by atoms with Crippen molar-refractivity contribution >= 4 is 6.16 Å². The highest BCUT2D eigenvalue weighted by Crippen LogP contribution is 2.27. The van der Waals surface area contributed by atoms with Crippen molar-refractivity contribution in [2.75, 3.05) is 0 Å². The average Bonchev–Trinajstić information content (AvgIpc) is 2.70. The van der Waals surface area contributed by atoms with E-state index in [2.05, 4.69) is 37.3 Å². The number of hydrogen-bond acceptors (Lipinski definition) is 4. The summed E-state index contributed by atoms with van der Waals surface area (Å²) in [6.07, 6.45) is 4.41. The average molecular weight is 363 g/mol. The van der Waals surface area contributed by atoms with Crippen molar-refractivity contribution < 1.29 is 14.3 Å². The summed E-state index contributed by atoms with van der Waals surface area (Å²) in [5.74, 6) is 0.557. The van der Waals surface area contributed by atoms with Crippen molar-refractivity contribution in [3.05, 3.63) is 54.1 Å². The molecule has 1 fully saturated rings. The van der Waals surface area contributed by atoms with Gasteiger partial charge in [-0.15, -0.1) is 0 Å². The summed E-state index contributed by atoms with van der Waals surface area (Å²) in [7, 11) is 0. The molecule has 0 spiro atoms. The fraction of sp³-hybridized carbons (Fsp3) is 0.391. The molecular formula is C23H25NO3. The second-order valence-corrected chi connectivity index (χ2v) is 7.04. The number of carbonyl (C=O) groups excluding carboxylic acids is 1. The molecule has 0 amide bonds. The van der Waals surface area contributed by atoms with Crippen molar-refractivity contribution in [1.29, 1.82) is 5.26 Å². The van der Waals surface area contributed by atoms with E-state index in [0.29, 0.717) is 5.75 Å². The lowest BCUT2D eigenvalue weighted by atomic mass is 9.88. The minimum absolute atomic E-state index is 0.0875. The number of ether oxygens (including phenoxy) is 2. The van der Waals surface area contributed by atoms with Gasteiger partial charge in [-0.25, -0.2) is 4.79 Å². The Balaban J connectivity index is 1.53. The number of aryl methyl sites for hydroxylation is 1. The van der Waals surface area contributed by atoms with Gasteiger partial charge in [0.15, 0.2) is 0 Å². The van der Waals surface area contributed by atoms with E-state index >= 15 is 0 Å². The van der Waals surface area contributed by atoms with Crippen molar-refractivity contribution in [2.45, 2.75) is 51.6 Å². The van der Waals surface area contributed by atoms with E-state index in [1.165, 1.54) is 5.56 Å². The number of nitrogens with zero attached hydrogens (tertiary/aromatic N) is 1. The summed E-state index contributed by atoms with van der Waals surface area (Å²) in [5.41, 5.74) is 3.56. The van der Waals surface area contributed by atoms with Gasteiger partial charge in [0, 0.05) is 5.92 Å². The Morgan fingerprint density at radius 1 is 1.00 bits per heavy atom. The van der Waals surface area contributed by atoms with Gasteiger partial charge in [0.25, 0.3) is 0 Å². The fourth-order valence-corrected chi connectivity index (χ4v) is 3.43. The van der Waals surface area contributed by atoms with Gasteiger partial charge in [-0.05, 0) is 60.9 Å². The third-order valence-corrected chi connectivity index (χ3v) is 5.00. The molecule has 4 heteroatoms. The lowest BCUT2D eigenvalue weighted by Gasteiger charge is -2.24. The molecule has 2 aromatic carbocycles. The quantitative estimate of drug-likeness (QED) is 0.490. The summed E-state index contributed by atoms with van der Waals surface area (Å²) >= 11 is 0. The van der Waals surface area contributed by atoms with Gasteiger partial charge in [0.05, 0.1) is 6.07 Å². The molecule has 140 valence electrons. The highest BCUT2D eigenvalue weighted by molar-refractivity contribution is 5.67. The maximum absolute atomic E-state index is 12.0. The number of nitriles is 1. The zero-order valence-corrected chi connectivity index (χ0v) is 15.7. The zero-order valence-electron chi connectivity index (χ0n) is 15.7. The summed E-state index contributed by atoms with van der Waals surface area (Å²) in [4.78, 5) is 12.0. The van der Waals surface area contributed by atoms with Gasteiger partial charge >= 0.3 is 6.16 Å². The fourth-order valence-electron chi connectivity index (χ4n) is 3.43. The van der Waals surface area contributed by atoms with Crippen LogP contribution in [0.15, 0.2) is 48.5 Å². The molecule has 4 nitrogen and oxygen atoms in total. The Morgan fingerprint density at radius 3 is 2.15 bits per heavy atom. The largest absolute Gasteiger partial charge is 0.514 e. The first-order valence-corrected chi connectivity index (χ1v) is 9.65. The number of carbonyl (C=O) groups is 1. The summed E-state index contributed by atoms with van der Waals surface area (Å²) in [5, 5.41) is 8.91. The van der Waals surface area contributed by atoms with Gasteiger partial charge in [-0.3, -0.25) is 0 Å². The highest BCUT2D eigenvalue weighted by atomic mass is 16.7. The van der Waals surface area contributed by atoms with Crippen molar-refractivity contribution in [2.24, 2.45) is 5.92 Å². The SMILES string of the molecule is CCCc1ccc(-c2ccc(OC(=O)O[C@H]3CC[C@H](C#N)CC3)cc2)cc1. The molecule has 1 saturated carbocycles. The topological polar surface area (TPSA) is 59.3 Å². The Morgan fingerprint density at radius 2 is 1.59 bits per heavy atom. The smallest absolute Gasteiger partial charge is 0.431 e. The number of benzene rings is 2. The Labute approximate surface area is 160 Å². The molecule has 1 aliphatic carbocycles. The Kier molecular flexibility index (Phi) is 6.49. The van der Waals surface area contributed by atoms with E-state index in [0.717, 1.165) is 49.7 Å². The van der Waals surface area contributed by atoms with E-state index in [4.69, 9.17) is 14.7 Å². The van der Waals surface area contributed by atoms with Crippen LogP contribution in [0.2, 0.25) is 0 Å². The molecular weight excluding hydrogens is 338 g/mol. The number of hydrogen-bond donors (Lipinski definition) is 0. The van der Waals surface area contributed by atoms with Crippen LogP contribution in [-0.2, 0) is 11.2 Å². The molecule has 0 heterocycles. The van der Waals surface area contributed by atoms with Crippen LogP contribution >= 0.6 is 0 Å². The van der Waals surface area contributed by atoms with Crippen molar-refractivity contribution in [1.82, 2.24) is 0 Å². The van der Waals surface area contributed by atoms with E-state index in [9.17, 15) is 4.79 Å². The molecule has 27 heavy (non-hydrogen) atoms. The van der Waals surface area contributed by atoms with Crippen LogP contribution < -0.4 is 4.74 Å². The van der Waals surface area contributed by atoms with Gasteiger partial charge in [-0.2, -0.15) is 5.26 Å². The highest BCUT2D eigenvalue weighted by Gasteiger charge is 2.24. The van der Waals surface area contributed by atoms with Crippen molar-refractivity contribution in [3.8, 4) is 22.9 Å². The minimum atomic E-state index is -0.674. The first kappa shape index (κ1) is 19.0. The maximum Gasteiger partial charge on any atom is 0.514 e. The molecule has 0 radical (unpaired) electrons. The first-order valence-electron chi connectivity index (χ1n) is 9.65. The first-order chi connectivity index (χ1) is 13.2. The van der Waals surface area contributed by atoms with Gasteiger partial charge in [0.1, 0.15) is 11.9 Å². The molecule has 0 N–H and O–H groups in total. The summed E-state index contributed by atoms with van der Waals surface area (Å²) in [6, 6.07) is 18.3. The molecule has 0 bridgehead atoms. The monoisotopic (exact) mass is 363 g/mol. The van der Waals surface area contributed by atoms with Gasteiger partial charge in [0.2, 0.25) is 0 Å². The summed E-state index contributed by atoms with van der Waals surface area (Å²) in [6.45, 7) is 2.18. The van der Waals surface area contributed by atoms with Gasteiger partial charge in [-0.1, -0.05) is 49.7 Å². The Bertz CT molecular complexity index is 782. The predicted octanol–water partition coefficient (Wildman–Crippen LogP) is 5.90. The molecule has 2 aromatic rings. The summed E-state index contributed by atoms with van der Waals surface area (Å²) < 4.78 is 10.7. The molecule has 1 aliphatic rings. The third-order valence-electron chi connectivity index (χ3n) is 5.00. The third kappa shape index (κ3) is 5.34. The van der Waals surface area contributed by atoms with Crippen LogP contribution in [0.5, 0.6) is 5.75 Å². The minimum Gasteiger partial charge on any atom is -0.431 e. The molecule has 0 aliphatic heterocycles. The maximum atomic E-state index is 12.0. The van der Waals surface area contributed by atoms with E-state index in [1.54, 1.807) is 12.1 Å². The van der Waals surface area contributed by atoms with Crippen LogP contribution in [0.3, 0.4) is 0 Å². The molecule has 0 unspecified atom stereocenters. The number of rotatable bonds is 5. The Hall–Kier alpha value is -2.80. The van der Waals surface area contributed by atoms with E-state index in [-0.39, 0.29) is 12.0 Å². The molecule has 0 aromatic heterocycles. The normalized spacial score (nSPS) is 19.1. The molecule has 0 saturated heterocycles. The van der Waals surface area contributed by atoms with Crippen LogP contribution in [-0.4, -0.2) is 12.3 Å². The second-order valence-electron chi connectivity index (χ2n) is 7.04. The lowest BCUT2D eigenvalue weighted by molar-refractivity contribution is 0.0375. The standard InChI is InChI=1S/C23H25NO3/c1-2-3-17-4-8-19(9-5-17)20-10-14-22(15-11-20)27-23(25)26-21-12-6-18(16-24)7-13-21/h4-5,8-11,14-15,18,21H,2-3,6-7,12-13H2,1H3/t18-,21-. The molecule has 0 atom stereocenters. The van der Waals surface area contributed by atoms with Crippen LogP contribution in [0.25, 0.3) is 11.1 Å². The predicted molar refractivity (Wildman–Crippen MR) is 104 cm³/mol. The zero-order chi connectivity index (χ0) is 19.1. The van der Waals surface area contributed by atoms with Crippen molar-refractivity contribution in [3.63, 3.8) is 0 Å². The van der Waals surface area contributed by atoms with E-state index < -0.39 is 6.16 Å². The van der Waals surface area contributed by atoms with Gasteiger partial charge < -0.3 is 9.47 Å². The van der Waals surface area contributed by atoms with Crippen LogP contribution in [0.1, 0.15) is 44.6 Å². The second kappa shape index (κ2) is 9.23.